The molecule has 0 saturated carbocycles. The van der Waals surface area contributed by atoms with E-state index in [4.69, 9.17) is 9.78 Å². The average molecular weight is 284 g/mol. The third-order valence-electron chi connectivity index (χ3n) is 3.01. The minimum Gasteiger partial charge on any atom is -0.338 e. The van der Waals surface area contributed by atoms with Crippen LogP contribution < -0.4 is 0 Å². The van der Waals surface area contributed by atoms with Gasteiger partial charge >= 0.3 is 0 Å². The lowest BCUT2D eigenvalue weighted by molar-refractivity contribution is 0.260. The normalized spacial score (nSPS) is 11.0. The quantitative estimate of drug-likeness (QED) is 0.816. The molecule has 0 aliphatic carbocycles. The van der Waals surface area contributed by atoms with Crippen LogP contribution in [0.2, 0.25) is 0 Å². The second-order valence-electron chi connectivity index (χ2n) is 5.69. The van der Waals surface area contributed by atoms with Gasteiger partial charge in [0, 0.05) is 13.0 Å². The molecule has 0 spiro atoms. The topological polar surface area (TPSA) is 66.0 Å². The van der Waals surface area contributed by atoms with Crippen LogP contribution in [0.3, 0.4) is 0 Å². The Balaban J connectivity index is 1.93. The highest BCUT2D eigenvalue weighted by Gasteiger charge is 2.10. The van der Waals surface area contributed by atoms with Gasteiger partial charge in [-0.25, -0.2) is 0 Å². The molecule has 21 heavy (non-hydrogen) atoms. The van der Waals surface area contributed by atoms with Crippen LogP contribution >= 0.6 is 0 Å². The standard InChI is InChI=1S/C16H20N4O/c1-12(2)7-15-18-16(21-19-15)11-20(3)10-14-6-4-5-13(8-14)9-17/h4-6,8,12H,7,10-11H2,1-3H3. The molecule has 0 N–H and O–H groups in total. The summed E-state index contributed by atoms with van der Waals surface area (Å²) < 4.78 is 5.26. The Morgan fingerprint density at radius 3 is 2.86 bits per heavy atom. The van der Waals surface area contributed by atoms with Gasteiger partial charge in [0.15, 0.2) is 5.82 Å². The highest BCUT2D eigenvalue weighted by atomic mass is 16.5. The molecule has 1 aromatic heterocycles. The van der Waals surface area contributed by atoms with Gasteiger partial charge in [0.25, 0.3) is 0 Å². The summed E-state index contributed by atoms with van der Waals surface area (Å²) in [4.78, 5) is 6.48. The van der Waals surface area contributed by atoms with Gasteiger partial charge in [0.1, 0.15) is 0 Å². The molecule has 1 aromatic carbocycles. The van der Waals surface area contributed by atoms with Crippen molar-refractivity contribution in [1.29, 1.82) is 5.26 Å². The average Bonchev–Trinajstić information content (AvgIpc) is 2.85. The minimum atomic E-state index is 0.516. The fourth-order valence-corrected chi connectivity index (χ4v) is 2.14. The van der Waals surface area contributed by atoms with Crippen LogP contribution in [0.5, 0.6) is 0 Å². The molecule has 0 radical (unpaired) electrons. The lowest BCUT2D eigenvalue weighted by Gasteiger charge is -2.14. The summed E-state index contributed by atoms with van der Waals surface area (Å²) in [7, 11) is 1.99. The van der Waals surface area contributed by atoms with Gasteiger partial charge in [0.05, 0.1) is 18.2 Å². The van der Waals surface area contributed by atoms with Gasteiger partial charge in [-0.05, 0) is 30.7 Å². The van der Waals surface area contributed by atoms with E-state index in [0.29, 0.717) is 23.9 Å². The van der Waals surface area contributed by atoms with Crippen LogP contribution in [0, 0.1) is 17.2 Å². The first-order valence-electron chi connectivity index (χ1n) is 7.06. The molecular weight excluding hydrogens is 264 g/mol. The Labute approximate surface area is 125 Å². The molecule has 5 heteroatoms. The van der Waals surface area contributed by atoms with Crippen molar-refractivity contribution in [3.8, 4) is 6.07 Å². The molecule has 2 rings (SSSR count). The largest absolute Gasteiger partial charge is 0.338 e. The number of benzene rings is 1. The fraction of sp³-hybridized carbons (Fsp3) is 0.438. The van der Waals surface area contributed by atoms with Crippen molar-refractivity contribution < 1.29 is 4.52 Å². The Kier molecular flexibility index (Phi) is 5.07. The summed E-state index contributed by atoms with van der Waals surface area (Å²) in [6.45, 7) is 5.59. The van der Waals surface area contributed by atoms with Gasteiger partial charge in [-0.3, -0.25) is 4.90 Å². The van der Waals surface area contributed by atoms with Crippen molar-refractivity contribution >= 4 is 0 Å². The Morgan fingerprint density at radius 2 is 2.14 bits per heavy atom. The van der Waals surface area contributed by atoms with Crippen LogP contribution in [0.25, 0.3) is 0 Å². The van der Waals surface area contributed by atoms with Crippen molar-refractivity contribution in [3.05, 3.63) is 47.1 Å². The molecular formula is C16H20N4O. The molecule has 0 saturated heterocycles. The molecule has 110 valence electrons. The second-order valence-corrected chi connectivity index (χ2v) is 5.69. The van der Waals surface area contributed by atoms with E-state index >= 15 is 0 Å². The number of rotatable bonds is 6. The summed E-state index contributed by atoms with van der Waals surface area (Å²) in [6.07, 6.45) is 0.831. The molecule has 0 unspecified atom stereocenters. The van der Waals surface area contributed by atoms with E-state index in [-0.39, 0.29) is 0 Å². The van der Waals surface area contributed by atoms with Crippen LogP contribution in [-0.4, -0.2) is 22.1 Å². The molecule has 5 nitrogen and oxygen atoms in total. The van der Waals surface area contributed by atoms with E-state index in [9.17, 15) is 0 Å². The zero-order valence-electron chi connectivity index (χ0n) is 12.7. The maximum absolute atomic E-state index is 8.91. The fourth-order valence-electron chi connectivity index (χ4n) is 2.14. The van der Waals surface area contributed by atoms with E-state index in [1.54, 1.807) is 6.07 Å². The summed E-state index contributed by atoms with van der Waals surface area (Å²) in [6, 6.07) is 9.76. The Bertz CT molecular complexity index is 627. The minimum absolute atomic E-state index is 0.516. The number of aromatic nitrogens is 2. The zero-order chi connectivity index (χ0) is 15.2. The number of nitriles is 1. The number of hydrogen-bond donors (Lipinski definition) is 0. The zero-order valence-corrected chi connectivity index (χ0v) is 12.7. The molecule has 0 amide bonds. The third kappa shape index (κ3) is 4.69. The molecule has 0 atom stereocenters. The van der Waals surface area contributed by atoms with Crippen molar-refractivity contribution in [2.24, 2.45) is 5.92 Å². The summed E-state index contributed by atoms with van der Waals surface area (Å²) in [5, 5.41) is 12.9. The Morgan fingerprint density at radius 1 is 1.33 bits per heavy atom. The van der Waals surface area contributed by atoms with Crippen molar-refractivity contribution in [3.63, 3.8) is 0 Å². The van der Waals surface area contributed by atoms with E-state index in [1.165, 1.54) is 0 Å². The van der Waals surface area contributed by atoms with Crippen molar-refractivity contribution in [2.45, 2.75) is 33.4 Å². The summed E-state index contributed by atoms with van der Waals surface area (Å²) >= 11 is 0. The van der Waals surface area contributed by atoms with E-state index in [0.717, 1.165) is 24.4 Å². The van der Waals surface area contributed by atoms with E-state index in [1.807, 2.05) is 25.2 Å². The molecule has 0 aliphatic rings. The first-order valence-corrected chi connectivity index (χ1v) is 7.06. The highest BCUT2D eigenvalue weighted by Crippen LogP contribution is 2.10. The van der Waals surface area contributed by atoms with Crippen LogP contribution in [0.1, 0.15) is 36.7 Å². The summed E-state index contributed by atoms with van der Waals surface area (Å²) in [5.74, 6) is 1.91. The molecule has 0 bridgehead atoms. The van der Waals surface area contributed by atoms with Gasteiger partial charge in [-0.2, -0.15) is 10.2 Å². The maximum atomic E-state index is 8.91. The van der Waals surface area contributed by atoms with E-state index < -0.39 is 0 Å². The predicted molar refractivity (Wildman–Crippen MR) is 79.2 cm³/mol. The monoisotopic (exact) mass is 284 g/mol. The second kappa shape index (κ2) is 7.00. The Hall–Kier alpha value is -2.19. The lowest BCUT2D eigenvalue weighted by atomic mass is 10.1. The number of nitrogens with zero attached hydrogens (tertiary/aromatic N) is 4. The number of hydrogen-bond acceptors (Lipinski definition) is 5. The first-order chi connectivity index (χ1) is 10.1. The van der Waals surface area contributed by atoms with Crippen molar-refractivity contribution in [2.75, 3.05) is 7.05 Å². The SMILES string of the molecule is CC(C)Cc1noc(CN(C)Cc2cccc(C#N)c2)n1. The van der Waals surface area contributed by atoms with Crippen molar-refractivity contribution in [1.82, 2.24) is 15.0 Å². The lowest BCUT2D eigenvalue weighted by Crippen LogP contribution is -2.17. The molecule has 0 aliphatic heterocycles. The first kappa shape index (κ1) is 15.2. The maximum Gasteiger partial charge on any atom is 0.240 e. The smallest absolute Gasteiger partial charge is 0.240 e. The highest BCUT2D eigenvalue weighted by molar-refractivity contribution is 5.32. The molecule has 0 fully saturated rings. The van der Waals surface area contributed by atoms with Gasteiger partial charge < -0.3 is 4.52 Å². The van der Waals surface area contributed by atoms with Crippen LogP contribution in [0.15, 0.2) is 28.8 Å². The molecule has 1 heterocycles. The summed E-state index contributed by atoms with van der Waals surface area (Å²) in [5.41, 5.74) is 1.77. The third-order valence-corrected chi connectivity index (χ3v) is 3.01. The van der Waals surface area contributed by atoms with Crippen LogP contribution in [-0.2, 0) is 19.5 Å². The molecule has 2 aromatic rings. The van der Waals surface area contributed by atoms with Crippen LogP contribution in [0.4, 0.5) is 0 Å². The predicted octanol–water partition coefficient (Wildman–Crippen LogP) is 2.77. The van der Waals surface area contributed by atoms with Gasteiger partial charge in [-0.15, -0.1) is 0 Å². The van der Waals surface area contributed by atoms with Gasteiger partial charge in [0.2, 0.25) is 5.89 Å². The van der Waals surface area contributed by atoms with Gasteiger partial charge in [-0.1, -0.05) is 31.1 Å². The van der Waals surface area contributed by atoms with E-state index in [2.05, 4.69) is 35.0 Å².